The maximum absolute atomic E-state index is 12.2. The number of hydrogen-bond donors (Lipinski definition) is 1. The van der Waals surface area contributed by atoms with Gasteiger partial charge in [0.2, 0.25) is 0 Å². The van der Waals surface area contributed by atoms with Crippen LogP contribution in [0.3, 0.4) is 0 Å². The van der Waals surface area contributed by atoms with Crippen molar-refractivity contribution in [3.05, 3.63) is 52.4 Å². The number of nitrogens with one attached hydrogen (secondary N) is 1. The van der Waals surface area contributed by atoms with E-state index in [9.17, 15) is 9.59 Å². The van der Waals surface area contributed by atoms with Gasteiger partial charge in [0.25, 0.3) is 11.5 Å². The van der Waals surface area contributed by atoms with Gasteiger partial charge in [-0.3, -0.25) is 9.59 Å². The predicted molar refractivity (Wildman–Crippen MR) is 79.7 cm³/mol. The summed E-state index contributed by atoms with van der Waals surface area (Å²) in [6.45, 7) is 2.43. The fourth-order valence-corrected chi connectivity index (χ4v) is 1.84. The molecule has 6 heteroatoms. The van der Waals surface area contributed by atoms with Crippen LogP contribution in [0.2, 0.25) is 0 Å². The third kappa shape index (κ3) is 3.68. The highest BCUT2D eigenvalue weighted by Crippen LogP contribution is 2.17. The second kappa shape index (κ2) is 6.69. The largest absolute Gasteiger partial charge is 0.497 e. The van der Waals surface area contributed by atoms with Crippen molar-refractivity contribution in [1.29, 1.82) is 0 Å². The fraction of sp³-hybridized carbons (Fsp3) is 0.267. The van der Waals surface area contributed by atoms with Crippen molar-refractivity contribution >= 4 is 11.6 Å². The zero-order valence-electron chi connectivity index (χ0n) is 12.0. The number of amides is 1. The number of anilines is 1. The Balaban J connectivity index is 2.19. The van der Waals surface area contributed by atoms with Gasteiger partial charge in [-0.25, -0.2) is 4.68 Å². The molecule has 1 aromatic carbocycles. The Morgan fingerprint density at radius 3 is 2.86 bits per heavy atom. The van der Waals surface area contributed by atoms with Crippen LogP contribution in [0.5, 0.6) is 5.75 Å². The normalized spacial score (nSPS) is 10.2. The summed E-state index contributed by atoms with van der Waals surface area (Å²) < 4.78 is 6.39. The molecule has 2 rings (SSSR count). The standard InChI is InChI=1S/C15H17N3O3/c1-3-9-18-14(19)8-7-13(17-18)15(20)16-11-5-4-6-12(10-11)21-2/h4-8,10H,3,9H2,1-2H3,(H,16,20). The molecule has 0 atom stereocenters. The van der Waals surface area contributed by atoms with Crippen molar-refractivity contribution in [2.45, 2.75) is 19.9 Å². The highest BCUT2D eigenvalue weighted by Gasteiger charge is 2.10. The summed E-state index contributed by atoms with van der Waals surface area (Å²) in [5, 5.41) is 6.79. The number of ether oxygens (including phenoxy) is 1. The minimum Gasteiger partial charge on any atom is -0.497 e. The molecule has 0 radical (unpaired) electrons. The van der Waals surface area contributed by atoms with Gasteiger partial charge in [-0.1, -0.05) is 13.0 Å². The van der Waals surface area contributed by atoms with E-state index < -0.39 is 0 Å². The zero-order valence-corrected chi connectivity index (χ0v) is 12.0. The topological polar surface area (TPSA) is 73.2 Å². The van der Waals surface area contributed by atoms with Gasteiger partial charge in [-0.2, -0.15) is 5.10 Å². The van der Waals surface area contributed by atoms with Gasteiger partial charge in [-0.05, 0) is 24.6 Å². The van der Waals surface area contributed by atoms with E-state index >= 15 is 0 Å². The van der Waals surface area contributed by atoms with Gasteiger partial charge < -0.3 is 10.1 Å². The first-order valence-corrected chi connectivity index (χ1v) is 6.67. The first kappa shape index (κ1) is 14.8. The van der Waals surface area contributed by atoms with E-state index in [1.54, 1.807) is 31.4 Å². The summed E-state index contributed by atoms with van der Waals surface area (Å²) in [7, 11) is 1.56. The number of aryl methyl sites for hydroxylation is 1. The van der Waals surface area contributed by atoms with E-state index in [0.717, 1.165) is 6.42 Å². The van der Waals surface area contributed by atoms with Crippen LogP contribution in [0, 0.1) is 0 Å². The maximum atomic E-state index is 12.2. The molecule has 1 aromatic heterocycles. The van der Waals surface area contributed by atoms with Crippen molar-refractivity contribution in [2.24, 2.45) is 0 Å². The summed E-state index contributed by atoms with van der Waals surface area (Å²) in [6.07, 6.45) is 0.772. The van der Waals surface area contributed by atoms with Crippen LogP contribution in [0.15, 0.2) is 41.2 Å². The number of carbonyl (C=O) groups excluding carboxylic acids is 1. The molecule has 0 saturated carbocycles. The summed E-state index contributed by atoms with van der Waals surface area (Å²) in [5.41, 5.74) is 0.593. The Labute approximate surface area is 122 Å². The molecule has 0 aliphatic carbocycles. The van der Waals surface area contributed by atoms with Crippen LogP contribution in [-0.2, 0) is 6.54 Å². The lowest BCUT2D eigenvalue weighted by Crippen LogP contribution is -2.26. The van der Waals surface area contributed by atoms with Crippen LogP contribution in [0.1, 0.15) is 23.8 Å². The molecule has 0 fully saturated rings. The highest BCUT2D eigenvalue weighted by atomic mass is 16.5. The van der Waals surface area contributed by atoms with Gasteiger partial charge in [0.15, 0.2) is 0 Å². The number of carbonyl (C=O) groups is 1. The van der Waals surface area contributed by atoms with Crippen LogP contribution >= 0.6 is 0 Å². The highest BCUT2D eigenvalue weighted by molar-refractivity contribution is 6.02. The Bertz CT molecular complexity index is 695. The number of methoxy groups -OCH3 is 1. The molecule has 1 N–H and O–H groups in total. The summed E-state index contributed by atoms with van der Waals surface area (Å²) >= 11 is 0. The molecular weight excluding hydrogens is 270 g/mol. The molecule has 0 spiro atoms. The second-order valence-electron chi connectivity index (χ2n) is 4.47. The first-order valence-electron chi connectivity index (χ1n) is 6.67. The van der Waals surface area contributed by atoms with Crippen molar-refractivity contribution < 1.29 is 9.53 Å². The minimum absolute atomic E-state index is 0.200. The Morgan fingerprint density at radius 2 is 2.14 bits per heavy atom. The lowest BCUT2D eigenvalue weighted by atomic mass is 10.3. The van der Waals surface area contributed by atoms with E-state index in [1.165, 1.54) is 16.8 Å². The van der Waals surface area contributed by atoms with Crippen LogP contribution in [-0.4, -0.2) is 22.8 Å². The van der Waals surface area contributed by atoms with Crippen molar-refractivity contribution in [3.63, 3.8) is 0 Å². The molecule has 0 aliphatic heterocycles. The third-order valence-corrected chi connectivity index (χ3v) is 2.86. The summed E-state index contributed by atoms with van der Waals surface area (Å²) in [4.78, 5) is 23.7. The molecule has 0 unspecified atom stereocenters. The van der Waals surface area contributed by atoms with Crippen molar-refractivity contribution in [3.8, 4) is 5.75 Å². The maximum Gasteiger partial charge on any atom is 0.276 e. The fourth-order valence-electron chi connectivity index (χ4n) is 1.84. The van der Waals surface area contributed by atoms with Crippen molar-refractivity contribution in [2.75, 3.05) is 12.4 Å². The van der Waals surface area contributed by atoms with E-state index in [4.69, 9.17) is 4.74 Å². The molecule has 1 heterocycles. The molecule has 6 nitrogen and oxygen atoms in total. The number of rotatable bonds is 5. The van der Waals surface area contributed by atoms with Gasteiger partial charge in [0.1, 0.15) is 11.4 Å². The summed E-state index contributed by atoms with van der Waals surface area (Å²) in [6, 6.07) is 9.80. The lowest BCUT2D eigenvalue weighted by Gasteiger charge is -2.08. The Morgan fingerprint density at radius 1 is 1.33 bits per heavy atom. The first-order chi connectivity index (χ1) is 10.1. The SMILES string of the molecule is CCCn1nc(C(=O)Nc2cccc(OC)c2)ccc1=O. The zero-order chi connectivity index (χ0) is 15.2. The third-order valence-electron chi connectivity index (χ3n) is 2.86. The number of benzene rings is 1. The molecule has 1 amide bonds. The minimum atomic E-state index is -0.367. The van der Waals surface area contributed by atoms with Gasteiger partial charge >= 0.3 is 0 Å². The monoisotopic (exact) mass is 287 g/mol. The molecule has 0 saturated heterocycles. The second-order valence-corrected chi connectivity index (χ2v) is 4.47. The Hall–Kier alpha value is -2.63. The quantitative estimate of drug-likeness (QED) is 0.911. The van der Waals surface area contributed by atoms with Crippen LogP contribution in [0.4, 0.5) is 5.69 Å². The molecule has 110 valence electrons. The van der Waals surface area contributed by atoms with Gasteiger partial charge in [0.05, 0.1) is 7.11 Å². The van der Waals surface area contributed by atoms with E-state index in [-0.39, 0.29) is 17.2 Å². The lowest BCUT2D eigenvalue weighted by molar-refractivity contribution is 0.102. The number of nitrogens with zero attached hydrogens (tertiary/aromatic N) is 2. The number of aromatic nitrogens is 2. The van der Waals surface area contributed by atoms with E-state index in [0.29, 0.717) is 18.0 Å². The van der Waals surface area contributed by atoms with Crippen molar-refractivity contribution in [1.82, 2.24) is 9.78 Å². The predicted octanol–water partition coefficient (Wildman–Crippen LogP) is 1.91. The van der Waals surface area contributed by atoms with Gasteiger partial charge in [0, 0.05) is 24.4 Å². The average Bonchev–Trinajstić information content (AvgIpc) is 2.50. The molecular formula is C15H17N3O3. The smallest absolute Gasteiger partial charge is 0.276 e. The summed E-state index contributed by atoms with van der Waals surface area (Å²) in [5.74, 6) is 0.282. The Kier molecular flexibility index (Phi) is 4.71. The number of hydrogen-bond acceptors (Lipinski definition) is 4. The van der Waals surface area contributed by atoms with E-state index in [1.807, 2.05) is 6.92 Å². The molecule has 21 heavy (non-hydrogen) atoms. The average molecular weight is 287 g/mol. The van der Waals surface area contributed by atoms with Crippen LogP contribution in [0.25, 0.3) is 0 Å². The van der Waals surface area contributed by atoms with Crippen LogP contribution < -0.4 is 15.6 Å². The van der Waals surface area contributed by atoms with E-state index in [2.05, 4.69) is 10.4 Å². The molecule has 2 aromatic rings. The van der Waals surface area contributed by atoms with Gasteiger partial charge in [-0.15, -0.1) is 0 Å². The molecule has 0 aliphatic rings. The molecule has 0 bridgehead atoms.